The Bertz CT molecular complexity index is 933. The minimum Gasteiger partial charge on any atom is -0.350 e. The number of nitrogens with one attached hydrogen (secondary N) is 1. The highest BCUT2D eigenvalue weighted by atomic mass is 32.2. The van der Waals surface area contributed by atoms with Crippen molar-refractivity contribution in [3.63, 3.8) is 0 Å². The number of carbonyl (C=O) groups is 1. The summed E-state index contributed by atoms with van der Waals surface area (Å²) >= 11 is 0. The molecular weight excluding hydrogens is 585 g/mol. The van der Waals surface area contributed by atoms with Crippen LogP contribution in [-0.4, -0.2) is 81.7 Å². The van der Waals surface area contributed by atoms with Gasteiger partial charge in [0, 0.05) is 35.1 Å². The third-order valence-corrected chi connectivity index (χ3v) is 6.63. The van der Waals surface area contributed by atoms with Gasteiger partial charge in [0.15, 0.2) is 0 Å². The highest BCUT2D eigenvalue weighted by molar-refractivity contribution is 7.85. The number of rotatable bonds is 13. The van der Waals surface area contributed by atoms with Gasteiger partial charge in [-0.1, -0.05) is 0 Å². The number of halogens is 13. The summed E-state index contributed by atoms with van der Waals surface area (Å²) in [6.45, 7) is 2.19. The van der Waals surface area contributed by atoms with Gasteiger partial charge in [0.2, 0.25) is 5.91 Å². The molecule has 0 heterocycles. The Morgan fingerprint density at radius 2 is 1.19 bits per heavy atom. The lowest BCUT2D eigenvalue weighted by Crippen LogP contribution is -2.70. The van der Waals surface area contributed by atoms with E-state index < -0.39 is 98.3 Å². The van der Waals surface area contributed by atoms with Crippen LogP contribution in [0.4, 0.5) is 57.1 Å². The molecule has 0 bridgehead atoms. The maximum absolute atomic E-state index is 13.7. The van der Waals surface area contributed by atoms with Crippen LogP contribution < -0.4 is 5.32 Å². The molecule has 6 nitrogen and oxygen atoms in total. The van der Waals surface area contributed by atoms with Crippen molar-refractivity contribution >= 4 is 26.8 Å². The van der Waals surface area contributed by atoms with Gasteiger partial charge in [-0.05, 0) is 13.8 Å². The number of hydrogen-bond donors (Lipinski definition) is 2. The lowest BCUT2D eigenvalue weighted by Gasteiger charge is -2.39. The largest absolute Gasteiger partial charge is 0.460 e. The smallest absolute Gasteiger partial charge is 0.350 e. The second kappa shape index (κ2) is 10.4. The quantitative estimate of drug-likeness (QED) is 0.245. The second-order valence-electron chi connectivity index (χ2n) is 8.01. The van der Waals surface area contributed by atoms with Gasteiger partial charge in [0.1, 0.15) is 0 Å². The summed E-state index contributed by atoms with van der Waals surface area (Å²) < 4.78 is 211. The van der Waals surface area contributed by atoms with E-state index in [4.69, 9.17) is 4.55 Å². The van der Waals surface area contributed by atoms with Gasteiger partial charge in [-0.15, -0.1) is 0 Å². The van der Waals surface area contributed by atoms with E-state index in [1.165, 1.54) is 0 Å². The Morgan fingerprint density at radius 1 is 0.778 bits per heavy atom. The first-order chi connectivity index (χ1) is 15.5. The molecule has 1 atom stereocenters. The third kappa shape index (κ3) is 7.57. The third-order valence-electron chi connectivity index (χ3n) is 4.22. The van der Waals surface area contributed by atoms with E-state index in [9.17, 15) is 74.5 Å². The van der Waals surface area contributed by atoms with E-state index in [0.717, 1.165) is 13.8 Å². The highest BCUT2D eigenvalue weighted by Gasteiger charge is 2.90. The van der Waals surface area contributed by atoms with Gasteiger partial charge in [-0.3, -0.25) is 13.6 Å². The fraction of sp³-hybridized carbons (Fsp3) is 0.933. The van der Waals surface area contributed by atoms with Crippen LogP contribution in [0.5, 0.6) is 0 Å². The Balaban J connectivity index is 5.40. The van der Waals surface area contributed by atoms with E-state index >= 15 is 0 Å². The van der Waals surface area contributed by atoms with E-state index in [1.54, 1.807) is 0 Å². The molecule has 0 radical (unpaired) electrons. The summed E-state index contributed by atoms with van der Waals surface area (Å²) in [5, 5.41) is 2.00. The number of alkyl halides is 13. The van der Waals surface area contributed by atoms with Gasteiger partial charge < -0.3 is 5.32 Å². The van der Waals surface area contributed by atoms with Crippen molar-refractivity contribution in [2.45, 2.75) is 68.0 Å². The van der Waals surface area contributed by atoms with E-state index in [1.807, 2.05) is 5.32 Å². The lowest BCUT2D eigenvalue weighted by molar-refractivity contribution is -0.439. The van der Waals surface area contributed by atoms with E-state index in [0.29, 0.717) is 0 Å². The fourth-order valence-corrected chi connectivity index (χ4v) is 4.53. The zero-order chi connectivity index (χ0) is 29.4. The summed E-state index contributed by atoms with van der Waals surface area (Å²) in [5.74, 6) is -42.5. The van der Waals surface area contributed by atoms with Crippen LogP contribution in [-0.2, 0) is 25.7 Å². The molecule has 0 rings (SSSR count). The maximum Gasteiger partial charge on any atom is 0.460 e. The molecule has 0 aliphatic carbocycles. The molecule has 0 fully saturated rings. The van der Waals surface area contributed by atoms with Crippen LogP contribution in [0.15, 0.2) is 0 Å². The molecule has 0 aromatic carbocycles. The van der Waals surface area contributed by atoms with Crippen molar-refractivity contribution in [2.75, 3.05) is 17.3 Å². The van der Waals surface area contributed by atoms with Crippen LogP contribution in [0.2, 0.25) is 0 Å². The molecule has 21 heteroatoms. The first-order valence-electron chi connectivity index (χ1n) is 9.02. The minimum atomic E-state index is -8.03. The van der Waals surface area contributed by atoms with Crippen molar-refractivity contribution in [1.82, 2.24) is 5.32 Å². The predicted octanol–water partition coefficient (Wildman–Crippen LogP) is 4.04. The van der Waals surface area contributed by atoms with Gasteiger partial charge in [-0.2, -0.15) is 65.5 Å². The molecular formula is C15H18F13NO5S2. The molecule has 0 aromatic heterocycles. The van der Waals surface area contributed by atoms with Crippen molar-refractivity contribution in [3.05, 3.63) is 0 Å². The highest BCUT2D eigenvalue weighted by Crippen LogP contribution is 2.60. The average molecular weight is 603 g/mol. The first-order valence-corrected chi connectivity index (χ1v) is 12.1. The molecule has 1 unspecified atom stereocenters. The number of carbonyl (C=O) groups excluding carboxylic acids is 1. The summed E-state index contributed by atoms with van der Waals surface area (Å²) in [5.41, 5.74) is -1.61. The monoisotopic (exact) mass is 603 g/mol. The molecule has 216 valence electrons. The van der Waals surface area contributed by atoms with Gasteiger partial charge in [-0.25, -0.2) is 0 Å². The van der Waals surface area contributed by atoms with E-state index in [-0.39, 0.29) is 0 Å². The Morgan fingerprint density at radius 3 is 1.58 bits per heavy atom. The van der Waals surface area contributed by atoms with Crippen LogP contribution in [0.3, 0.4) is 0 Å². The van der Waals surface area contributed by atoms with E-state index in [2.05, 4.69) is 0 Å². The van der Waals surface area contributed by atoms with Gasteiger partial charge >= 0.3 is 35.8 Å². The Kier molecular flexibility index (Phi) is 10.0. The first kappa shape index (κ1) is 34.6. The zero-order valence-corrected chi connectivity index (χ0v) is 19.5. The normalized spacial score (nSPS) is 16.1. The molecule has 1 amide bonds. The minimum absolute atomic E-state index is 0.879. The van der Waals surface area contributed by atoms with Crippen molar-refractivity contribution in [2.24, 2.45) is 0 Å². The molecule has 2 N–H and O–H groups in total. The van der Waals surface area contributed by atoms with Crippen LogP contribution >= 0.6 is 0 Å². The summed E-state index contributed by atoms with van der Waals surface area (Å²) in [7, 11) is -7.34. The fourth-order valence-electron chi connectivity index (χ4n) is 2.44. The number of amides is 1. The maximum atomic E-state index is 13.7. The van der Waals surface area contributed by atoms with Crippen molar-refractivity contribution < 1.29 is 79.0 Å². The molecule has 0 aliphatic heterocycles. The topological polar surface area (TPSA) is 101 Å². The molecule has 0 spiro atoms. The Labute approximate surface area is 197 Å². The Hall–Kier alpha value is -1.38. The molecule has 0 saturated heterocycles. The summed E-state index contributed by atoms with van der Waals surface area (Å²) in [4.78, 5) is 11.7. The average Bonchev–Trinajstić information content (AvgIpc) is 2.60. The van der Waals surface area contributed by atoms with Crippen molar-refractivity contribution in [1.29, 1.82) is 0 Å². The molecule has 0 saturated carbocycles. The second-order valence-corrected chi connectivity index (χ2v) is 11.2. The van der Waals surface area contributed by atoms with Crippen molar-refractivity contribution in [3.8, 4) is 0 Å². The molecule has 36 heavy (non-hydrogen) atoms. The predicted molar refractivity (Wildman–Crippen MR) is 96.5 cm³/mol. The zero-order valence-electron chi connectivity index (χ0n) is 17.8. The summed E-state index contributed by atoms with van der Waals surface area (Å²) in [6.07, 6.45) is -11.1. The van der Waals surface area contributed by atoms with Crippen LogP contribution in [0.25, 0.3) is 0 Å². The number of hydrogen-bond acceptors (Lipinski definition) is 4. The lowest BCUT2D eigenvalue weighted by atomic mass is 9.93. The summed E-state index contributed by atoms with van der Waals surface area (Å²) in [6, 6.07) is 0. The van der Waals surface area contributed by atoms with Gasteiger partial charge in [0.25, 0.3) is 10.1 Å². The molecule has 0 aliphatic rings. The molecule has 0 aromatic rings. The van der Waals surface area contributed by atoms with Crippen LogP contribution in [0, 0.1) is 0 Å². The van der Waals surface area contributed by atoms with Crippen LogP contribution in [0.1, 0.15) is 26.7 Å². The van der Waals surface area contributed by atoms with Gasteiger partial charge in [0.05, 0.1) is 11.3 Å². The standard InChI is InChI=1S/C15H18F13NO5S2/c1-9(2,7-36(32,33)34)29-8(30)3-5-35(31)6-4-10(16,17)11(18,19)12(20,21)13(22,23)14(24,25)15(26,27)28/h3-7H2,1-2H3,(H,29,30)(H,32,33,34). The SMILES string of the molecule is CC(C)(CS(=O)(=O)O)NC(=O)CCS(=O)CCC(F)(F)C(F)(F)C(F)(F)C(F)(F)C(F)(F)C(F)(F)F.